The Morgan fingerprint density at radius 2 is 2.04 bits per heavy atom. The molecule has 2 aromatic rings. The highest BCUT2D eigenvalue weighted by molar-refractivity contribution is 5.31. The number of methoxy groups -OCH3 is 1. The first-order valence-electron chi connectivity index (χ1n) is 8.33. The summed E-state index contributed by atoms with van der Waals surface area (Å²) >= 11 is 0. The molecular formula is C18H25N3O3. The van der Waals surface area contributed by atoms with Crippen LogP contribution in [0.2, 0.25) is 0 Å². The minimum atomic E-state index is -0.524. The second kappa shape index (κ2) is 7.68. The molecule has 0 radical (unpaired) electrons. The van der Waals surface area contributed by atoms with Crippen LogP contribution >= 0.6 is 0 Å². The van der Waals surface area contributed by atoms with Crippen LogP contribution in [-0.2, 0) is 7.05 Å². The molecule has 1 aromatic carbocycles. The largest absolute Gasteiger partial charge is 0.497 e. The molecule has 1 fully saturated rings. The Balaban J connectivity index is 1.51. The Kier molecular flexibility index (Phi) is 5.37. The second-order valence-corrected chi connectivity index (χ2v) is 6.24. The van der Waals surface area contributed by atoms with Crippen LogP contribution in [0.1, 0.15) is 24.4 Å². The zero-order valence-electron chi connectivity index (χ0n) is 14.3. The predicted octanol–water partition coefficient (Wildman–Crippen LogP) is 2.01. The molecule has 2 atom stereocenters. The number of β-amino-alcohol motifs (C(OH)–C–C–N with tert-alkyl or cyclic N) is 1. The summed E-state index contributed by atoms with van der Waals surface area (Å²) in [5, 5.41) is 14.6. The molecule has 3 rings (SSSR count). The Hall–Kier alpha value is -2.05. The van der Waals surface area contributed by atoms with Crippen molar-refractivity contribution < 1.29 is 14.6 Å². The average Bonchev–Trinajstić information content (AvgIpc) is 3.22. The van der Waals surface area contributed by atoms with E-state index in [0.717, 1.165) is 30.9 Å². The van der Waals surface area contributed by atoms with Gasteiger partial charge in [-0.1, -0.05) is 0 Å². The van der Waals surface area contributed by atoms with Gasteiger partial charge in [-0.2, -0.15) is 5.10 Å². The van der Waals surface area contributed by atoms with Crippen LogP contribution in [0, 0.1) is 0 Å². The predicted molar refractivity (Wildman–Crippen MR) is 91.3 cm³/mol. The third-order valence-electron chi connectivity index (χ3n) is 4.42. The van der Waals surface area contributed by atoms with Gasteiger partial charge in [0.05, 0.1) is 13.3 Å². The number of aliphatic hydroxyl groups excluding tert-OH is 1. The van der Waals surface area contributed by atoms with Crippen molar-refractivity contribution in [2.75, 3.05) is 26.8 Å². The zero-order valence-corrected chi connectivity index (χ0v) is 14.3. The van der Waals surface area contributed by atoms with Crippen molar-refractivity contribution in [2.24, 2.45) is 7.05 Å². The van der Waals surface area contributed by atoms with E-state index >= 15 is 0 Å². The summed E-state index contributed by atoms with van der Waals surface area (Å²) < 4.78 is 12.6. The van der Waals surface area contributed by atoms with Crippen LogP contribution in [0.3, 0.4) is 0 Å². The molecule has 1 aliphatic rings. The van der Waals surface area contributed by atoms with Gasteiger partial charge in [0, 0.05) is 31.4 Å². The lowest BCUT2D eigenvalue weighted by atomic mass is 10.1. The summed E-state index contributed by atoms with van der Waals surface area (Å²) in [6.45, 7) is 1.89. The summed E-state index contributed by atoms with van der Waals surface area (Å²) in [6, 6.07) is 7.73. The number of aliphatic hydroxyl groups is 1. The minimum Gasteiger partial charge on any atom is -0.497 e. The molecule has 2 unspecified atom stereocenters. The number of likely N-dealkylation sites (tertiary alicyclic amines) is 1. The Bertz CT molecular complexity index is 641. The SMILES string of the molecule is COc1ccc(OCC(O)CN2CCCC2c2cnn(C)c2)cc1. The topological polar surface area (TPSA) is 59.8 Å². The second-order valence-electron chi connectivity index (χ2n) is 6.24. The van der Waals surface area contributed by atoms with Gasteiger partial charge in [-0.25, -0.2) is 0 Å². The van der Waals surface area contributed by atoms with Crippen molar-refractivity contribution in [2.45, 2.75) is 25.0 Å². The smallest absolute Gasteiger partial charge is 0.119 e. The van der Waals surface area contributed by atoms with Crippen molar-refractivity contribution in [3.05, 3.63) is 42.2 Å². The van der Waals surface area contributed by atoms with Crippen LogP contribution in [0.4, 0.5) is 0 Å². The molecule has 0 saturated carbocycles. The van der Waals surface area contributed by atoms with Gasteiger partial charge >= 0.3 is 0 Å². The number of hydrogen-bond donors (Lipinski definition) is 1. The first kappa shape index (κ1) is 16.8. The highest BCUT2D eigenvalue weighted by Gasteiger charge is 2.28. The number of benzene rings is 1. The van der Waals surface area contributed by atoms with Crippen molar-refractivity contribution >= 4 is 0 Å². The molecule has 0 bridgehead atoms. The van der Waals surface area contributed by atoms with E-state index in [4.69, 9.17) is 9.47 Å². The molecule has 1 aliphatic heterocycles. The number of aromatic nitrogens is 2. The third kappa shape index (κ3) is 4.07. The van der Waals surface area contributed by atoms with Gasteiger partial charge < -0.3 is 14.6 Å². The fourth-order valence-electron chi connectivity index (χ4n) is 3.22. The van der Waals surface area contributed by atoms with E-state index in [2.05, 4.69) is 16.2 Å². The Labute approximate surface area is 142 Å². The van der Waals surface area contributed by atoms with E-state index in [1.54, 1.807) is 7.11 Å². The highest BCUT2D eigenvalue weighted by Crippen LogP contribution is 2.31. The van der Waals surface area contributed by atoms with Crippen LogP contribution in [0.25, 0.3) is 0 Å². The van der Waals surface area contributed by atoms with Crippen molar-refractivity contribution in [1.29, 1.82) is 0 Å². The maximum absolute atomic E-state index is 10.3. The van der Waals surface area contributed by atoms with Crippen molar-refractivity contribution in [3.8, 4) is 11.5 Å². The van der Waals surface area contributed by atoms with E-state index in [0.29, 0.717) is 12.6 Å². The molecular weight excluding hydrogens is 306 g/mol. The first-order valence-corrected chi connectivity index (χ1v) is 8.33. The fourth-order valence-corrected chi connectivity index (χ4v) is 3.22. The Morgan fingerprint density at radius 1 is 1.29 bits per heavy atom. The molecule has 1 N–H and O–H groups in total. The molecule has 0 spiro atoms. The number of rotatable bonds is 7. The molecule has 6 heteroatoms. The summed E-state index contributed by atoms with van der Waals surface area (Å²) in [7, 11) is 3.56. The van der Waals surface area contributed by atoms with Gasteiger partial charge in [0.2, 0.25) is 0 Å². The van der Waals surface area contributed by atoms with Crippen LogP contribution in [-0.4, -0.2) is 52.7 Å². The van der Waals surface area contributed by atoms with Gasteiger partial charge in [-0.05, 0) is 43.7 Å². The molecule has 1 saturated heterocycles. The van der Waals surface area contributed by atoms with E-state index in [9.17, 15) is 5.11 Å². The third-order valence-corrected chi connectivity index (χ3v) is 4.42. The van der Waals surface area contributed by atoms with E-state index < -0.39 is 6.10 Å². The standard InChI is InChI=1S/C18H25N3O3/c1-20-11-14(10-19-20)18-4-3-9-21(18)12-15(22)13-24-17-7-5-16(23-2)6-8-17/h5-8,10-11,15,18,22H,3-4,9,12-13H2,1-2H3. The molecule has 0 amide bonds. The number of hydrogen-bond acceptors (Lipinski definition) is 5. The van der Waals surface area contributed by atoms with Crippen molar-refractivity contribution in [1.82, 2.24) is 14.7 Å². The minimum absolute atomic E-state index is 0.280. The zero-order chi connectivity index (χ0) is 16.9. The Morgan fingerprint density at radius 3 is 2.71 bits per heavy atom. The summed E-state index contributed by atoms with van der Waals surface area (Å²) in [5.74, 6) is 1.53. The van der Waals surface area contributed by atoms with Crippen molar-refractivity contribution in [3.63, 3.8) is 0 Å². The lowest BCUT2D eigenvalue weighted by Gasteiger charge is -2.26. The lowest BCUT2D eigenvalue weighted by molar-refractivity contribution is 0.0638. The number of aryl methyl sites for hydroxylation is 1. The molecule has 130 valence electrons. The molecule has 6 nitrogen and oxygen atoms in total. The summed E-state index contributed by atoms with van der Waals surface area (Å²) in [5.41, 5.74) is 1.22. The van der Waals surface area contributed by atoms with E-state index in [1.165, 1.54) is 5.56 Å². The number of ether oxygens (including phenoxy) is 2. The van der Waals surface area contributed by atoms with Crippen LogP contribution in [0.15, 0.2) is 36.7 Å². The maximum Gasteiger partial charge on any atom is 0.119 e. The summed E-state index contributed by atoms with van der Waals surface area (Å²) in [4.78, 5) is 2.32. The van der Waals surface area contributed by atoms with Gasteiger partial charge in [0.1, 0.15) is 24.2 Å². The fraction of sp³-hybridized carbons (Fsp3) is 0.500. The van der Waals surface area contributed by atoms with Crippen LogP contribution < -0.4 is 9.47 Å². The normalized spacial score (nSPS) is 19.4. The average molecular weight is 331 g/mol. The van der Waals surface area contributed by atoms with E-state index in [-0.39, 0.29) is 6.61 Å². The van der Waals surface area contributed by atoms with Gasteiger partial charge in [-0.15, -0.1) is 0 Å². The van der Waals surface area contributed by atoms with E-state index in [1.807, 2.05) is 42.2 Å². The maximum atomic E-state index is 10.3. The highest BCUT2D eigenvalue weighted by atomic mass is 16.5. The first-order chi connectivity index (χ1) is 11.7. The van der Waals surface area contributed by atoms with Crippen LogP contribution in [0.5, 0.6) is 11.5 Å². The molecule has 2 heterocycles. The molecule has 1 aromatic heterocycles. The van der Waals surface area contributed by atoms with Gasteiger partial charge in [0.15, 0.2) is 0 Å². The lowest BCUT2D eigenvalue weighted by Crippen LogP contribution is -2.35. The van der Waals surface area contributed by atoms with Gasteiger partial charge in [0.25, 0.3) is 0 Å². The molecule has 0 aliphatic carbocycles. The molecule has 24 heavy (non-hydrogen) atoms. The summed E-state index contributed by atoms with van der Waals surface area (Å²) in [6.07, 6.45) is 5.71. The number of nitrogens with zero attached hydrogens (tertiary/aromatic N) is 3. The quantitative estimate of drug-likeness (QED) is 0.841. The monoisotopic (exact) mass is 331 g/mol. The van der Waals surface area contributed by atoms with Gasteiger partial charge in [-0.3, -0.25) is 9.58 Å².